The number of carbonyl (C=O) groups excluding carboxylic acids is 2. The average Bonchev–Trinajstić information content (AvgIpc) is 2.62. The van der Waals surface area contributed by atoms with Crippen LogP contribution in [0.5, 0.6) is 0 Å². The third-order valence-electron chi connectivity index (χ3n) is 3.98. The van der Waals surface area contributed by atoms with Gasteiger partial charge in [-0.15, -0.1) is 0 Å². The summed E-state index contributed by atoms with van der Waals surface area (Å²) in [6.45, 7) is 3.78. The highest BCUT2D eigenvalue weighted by atomic mass is 16.2. The standard InChI is InChI=1S/C21H23N3O2/c1-15(2)20(24-19(25)14-17-6-4-3-5-7-17)21(26)23-18-10-8-16(9-11-18)12-13-22/h3-11,15,20H,12,14H2,1-2H3,(H,23,26)(H,24,25). The fourth-order valence-electron chi connectivity index (χ4n) is 2.56. The van der Waals surface area contributed by atoms with Gasteiger partial charge in [0.25, 0.3) is 0 Å². The van der Waals surface area contributed by atoms with Crippen LogP contribution in [0.4, 0.5) is 5.69 Å². The van der Waals surface area contributed by atoms with E-state index in [9.17, 15) is 9.59 Å². The number of nitrogens with one attached hydrogen (secondary N) is 2. The second kappa shape index (κ2) is 9.38. The molecule has 2 rings (SSSR count). The Bertz CT molecular complexity index is 777. The number of anilines is 1. The topological polar surface area (TPSA) is 82.0 Å². The Hall–Kier alpha value is -3.13. The van der Waals surface area contributed by atoms with E-state index in [1.807, 2.05) is 44.2 Å². The van der Waals surface area contributed by atoms with Crippen molar-refractivity contribution in [1.82, 2.24) is 5.32 Å². The number of hydrogen-bond acceptors (Lipinski definition) is 3. The fraction of sp³-hybridized carbons (Fsp3) is 0.286. The minimum absolute atomic E-state index is 0.0485. The molecule has 0 aliphatic heterocycles. The van der Waals surface area contributed by atoms with Gasteiger partial charge in [0.1, 0.15) is 6.04 Å². The van der Waals surface area contributed by atoms with E-state index >= 15 is 0 Å². The van der Waals surface area contributed by atoms with E-state index in [1.54, 1.807) is 24.3 Å². The van der Waals surface area contributed by atoms with E-state index in [2.05, 4.69) is 16.7 Å². The molecule has 1 unspecified atom stereocenters. The molecular formula is C21H23N3O2. The van der Waals surface area contributed by atoms with Crippen molar-refractivity contribution in [2.24, 2.45) is 5.92 Å². The minimum Gasteiger partial charge on any atom is -0.344 e. The lowest BCUT2D eigenvalue weighted by Crippen LogP contribution is -2.47. The van der Waals surface area contributed by atoms with E-state index in [0.717, 1.165) is 11.1 Å². The van der Waals surface area contributed by atoms with Gasteiger partial charge in [0, 0.05) is 5.69 Å². The second-order valence-corrected chi connectivity index (χ2v) is 6.47. The predicted molar refractivity (Wildman–Crippen MR) is 101 cm³/mol. The van der Waals surface area contributed by atoms with Crippen molar-refractivity contribution in [2.45, 2.75) is 32.7 Å². The number of amides is 2. The summed E-state index contributed by atoms with van der Waals surface area (Å²) in [7, 11) is 0. The quantitative estimate of drug-likeness (QED) is 0.806. The molecule has 0 saturated heterocycles. The number of carbonyl (C=O) groups is 2. The van der Waals surface area contributed by atoms with Crippen molar-refractivity contribution in [3.63, 3.8) is 0 Å². The molecule has 0 heterocycles. The Morgan fingerprint density at radius 3 is 2.23 bits per heavy atom. The van der Waals surface area contributed by atoms with Gasteiger partial charge >= 0.3 is 0 Å². The summed E-state index contributed by atoms with van der Waals surface area (Å²) < 4.78 is 0. The largest absolute Gasteiger partial charge is 0.344 e. The van der Waals surface area contributed by atoms with Gasteiger partial charge < -0.3 is 10.6 Å². The lowest BCUT2D eigenvalue weighted by Gasteiger charge is -2.22. The number of nitriles is 1. The van der Waals surface area contributed by atoms with Crippen LogP contribution >= 0.6 is 0 Å². The number of rotatable bonds is 7. The molecule has 2 aromatic carbocycles. The minimum atomic E-state index is -0.620. The summed E-state index contributed by atoms with van der Waals surface area (Å²) in [4.78, 5) is 24.9. The summed E-state index contributed by atoms with van der Waals surface area (Å²) in [5.41, 5.74) is 2.43. The molecule has 0 radical (unpaired) electrons. The van der Waals surface area contributed by atoms with Crippen molar-refractivity contribution in [3.8, 4) is 6.07 Å². The zero-order valence-electron chi connectivity index (χ0n) is 15.0. The van der Waals surface area contributed by atoms with Gasteiger partial charge in [-0.3, -0.25) is 9.59 Å². The summed E-state index contributed by atoms with van der Waals surface area (Å²) in [6.07, 6.45) is 0.568. The van der Waals surface area contributed by atoms with Gasteiger partial charge in [0.05, 0.1) is 18.9 Å². The first kappa shape index (κ1) is 19.2. The smallest absolute Gasteiger partial charge is 0.247 e. The van der Waals surface area contributed by atoms with Crippen molar-refractivity contribution >= 4 is 17.5 Å². The summed E-state index contributed by atoms with van der Waals surface area (Å²) in [6, 6.07) is 18.0. The Balaban J connectivity index is 1.98. The molecule has 0 spiro atoms. The summed E-state index contributed by atoms with van der Waals surface area (Å²) in [5, 5.41) is 14.3. The first-order valence-corrected chi connectivity index (χ1v) is 8.59. The maximum Gasteiger partial charge on any atom is 0.247 e. The third kappa shape index (κ3) is 5.75. The number of nitrogens with zero attached hydrogens (tertiary/aromatic N) is 1. The first-order valence-electron chi connectivity index (χ1n) is 8.59. The van der Waals surface area contributed by atoms with Crippen LogP contribution in [-0.2, 0) is 22.4 Å². The maximum atomic E-state index is 12.6. The van der Waals surface area contributed by atoms with Gasteiger partial charge in [-0.25, -0.2) is 0 Å². The highest BCUT2D eigenvalue weighted by Crippen LogP contribution is 2.12. The Labute approximate surface area is 154 Å². The molecule has 26 heavy (non-hydrogen) atoms. The maximum absolute atomic E-state index is 12.6. The Kier molecular flexibility index (Phi) is 6.92. The SMILES string of the molecule is CC(C)C(NC(=O)Cc1ccccc1)C(=O)Nc1ccc(CC#N)cc1. The van der Waals surface area contributed by atoms with Crippen molar-refractivity contribution in [2.75, 3.05) is 5.32 Å². The first-order chi connectivity index (χ1) is 12.5. The van der Waals surface area contributed by atoms with Crippen molar-refractivity contribution < 1.29 is 9.59 Å². The molecule has 0 fully saturated rings. The number of hydrogen-bond donors (Lipinski definition) is 2. The molecule has 2 N–H and O–H groups in total. The van der Waals surface area contributed by atoms with Crippen LogP contribution in [0.15, 0.2) is 54.6 Å². The summed E-state index contributed by atoms with van der Waals surface area (Å²) >= 11 is 0. The molecule has 5 nitrogen and oxygen atoms in total. The van der Waals surface area contributed by atoms with Gasteiger partial charge in [-0.05, 0) is 29.2 Å². The van der Waals surface area contributed by atoms with Gasteiger partial charge in [0.2, 0.25) is 11.8 Å². The van der Waals surface area contributed by atoms with Gasteiger partial charge in [-0.2, -0.15) is 5.26 Å². The molecule has 2 amide bonds. The second-order valence-electron chi connectivity index (χ2n) is 6.47. The lowest BCUT2D eigenvalue weighted by molar-refractivity contribution is -0.127. The average molecular weight is 349 g/mol. The molecule has 0 aliphatic rings. The van der Waals surface area contributed by atoms with E-state index in [0.29, 0.717) is 12.1 Å². The fourth-order valence-corrected chi connectivity index (χ4v) is 2.56. The molecule has 5 heteroatoms. The predicted octanol–water partition coefficient (Wildman–Crippen LogP) is 3.07. The number of benzene rings is 2. The molecule has 1 atom stereocenters. The van der Waals surface area contributed by atoms with Crippen molar-refractivity contribution in [3.05, 3.63) is 65.7 Å². The molecule has 134 valence electrons. The molecule has 0 bridgehead atoms. The van der Waals surface area contributed by atoms with Crippen LogP contribution in [0.3, 0.4) is 0 Å². The lowest BCUT2D eigenvalue weighted by atomic mass is 10.0. The molecule has 0 aliphatic carbocycles. The van der Waals surface area contributed by atoms with Crippen LogP contribution in [0.25, 0.3) is 0 Å². The van der Waals surface area contributed by atoms with Crippen LogP contribution in [0.1, 0.15) is 25.0 Å². The van der Waals surface area contributed by atoms with Gasteiger partial charge in [0.15, 0.2) is 0 Å². The summed E-state index contributed by atoms with van der Waals surface area (Å²) in [5.74, 6) is -0.489. The van der Waals surface area contributed by atoms with Crippen LogP contribution in [0, 0.1) is 17.2 Å². The van der Waals surface area contributed by atoms with E-state index in [-0.39, 0.29) is 24.2 Å². The Morgan fingerprint density at radius 1 is 1.00 bits per heavy atom. The monoisotopic (exact) mass is 349 g/mol. The van der Waals surface area contributed by atoms with E-state index in [4.69, 9.17) is 5.26 Å². The van der Waals surface area contributed by atoms with E-state index in [1.165, 1.54) is 0 Å². The third-order valence-corrected chi connectivity index (χ3v) is 3.98. The molecular weight excluding hydrogens is 326 g/mol. The van der Waals surface area contributed by atoms with E-state index < -0.39 is 6.04 Å². The molecule has 0 aromatic heterocycles. The highest BCUT2D eigenvalue weighted by molar-refractivity contribution is 5.97. The zero-order valence-corrected chi connectivity index (χ0v) is 15.0. The zero-order chi connectivity index (χ0) is 18.9. The molecule has 0 saturated carbocycles. The van der Waals surface area contributed by atoms with Crippen LogP contribution in [0.2, 0.25) is 0 Å². The van der Waals surface area contributed by atoms with Crippen LogP contribution < -0.4 is 10.6 Å². The van der Waals surface area contributed by atoms with Crippen molar-refractivity contribution in [1.29, 1.82) is 5.26 Å². The normalized spacial score (nSPS) is 11.5. The van der Waals surface area contributed by atoms with Crippen LogP contribution in [-0.4, -0.2) is 17.9 Å². The molecule has 2 aromatic rings. The van der Waals surface area contributed by atoms with Gasteiger partial charge in [-0.1, -0.05) is 56.3 Å². The Morgan fingerprint density at radius 2 is 1.65 bits per heavy atom. The highest BCUT2D eigenvalue weighted by Gasteiger charge is 2.24.